The third kappa shape index (κ3) is 4.16. The van der Waals surface area contributed by atoms with Crippen molar-refractivity contribution in [1.29, 1.82) is 0 Å². The number of likely N-dealkylation sites (tertiary alicyclic amines) is 1. The smallest absolute Gasteiger partial charge is 0.326 e. The summed E-state index contributed by atoms with van der Waals surface area (Å²) in [6.07, 6.45) is 2.05. The van der Waals surface area contributed by atoms with Crippen LogP contribution < -0.4 is 5.69 Å². The minimum atomic E-state index is -0.372. The van der Waals surface area contributed by atoms with E-state index in [1.54, 1.807) is 4.57 Å². The number of nitrogens with one attached hydrogen (secondary N) is 1. The summed E-state index contributed by atoms with van der Waals surface area (Å²) in [6.45, 7) is 1.24. The standard InChI is InChI=1S/C22H24FN3O3/c23-17-9-7-16(8-10-17)21(27)6-3-13-26(29)14-11-18(12-15-26)25-20-5-2-1-4-19(20)24-22(25)28/h1-2,4-5,7-10,18H,3,6,11-15H2,(H,24,28). The maximum absolute atomic E-state index is 13.0. The Morgan fingerprint density at radius 2 is 1.83 bits per heavy atom. The number of piperidine rings is 1. The summed E-state index contributed by atoms with van der Waals surface area (Å²) in [6, 6.07) is 13.1. The second-order valence-corrected chi connectivity index (χ2v) is 7.81. The van der Waals surface area contributed by atoms with Crippen LogP contribution in [0.25, 0.3) is 11.0 Å². The van der Waals surface area contributed by atoms with Gasteiger partial charge in [0, 0.05) is 37.3 Å². The van der Waals surface area contributed by atoms with Crippen LogP contribution in [0.3, 0.4) is 0 Å². The number of quaternary nitrogens is 1. The minimum Gasteiger partial charge on any atom is -0.633 e. The Balaban J connectivity index is 1.33. The van der Waals surface area contributed by atoms with E-state index in [-0.39, 0.29) is 34.4 Å². The Morgan fingerprint density at radius 3 is 2.55 bits per heavy atom. The molecule has 4 rings (SSSR count). The number of rotatable bonds is 6. The Kier molecular flexibility index (Phi) is 5.34. The molecule has 2 heterocycles. The molecule has 3 aromatic rings. The second-order valence-electron chi connectivity index (χ2n) is 7.81. The molecule has 6 nitrogen and oxygen atoms in total. The number of para-hydroxylation sites is 2. The summed E-state index contributed by atoms with van der Waals surface area (Å²) >= 11 is 0. The van der Waals surface area contributed by atoms with Gasteiger partial charge in [-0.25, -0.2) is 9.18 Å². The lowest BCUT2D eigenvalue weighted by Gasteiger charge is -2.47. The number of benzene rings is 2. The van der Waals surface area contributed by atoms with Crippen LogP contribution in [-0.2, 0) is 0 Å². The number of aromatic nitrogens is 2. The molecule has 0 aliphatic carbocycles. The second kappa shape index (κ2) is 7.93. The fraction of sp³-hybridized carbons (Fsp3) is 0.364. The van der Waals surface area contributed by atoms with E-state index in [2.05, 4.69) is 4.98 Å². The molecule has 29 heavy (non-hydrogen) atoms. The van der Waals surface area contributed by atoms with Gasteiger partial charge in [-0.05, 0) is 36.4 Å². The van der Waals surface area contributed by atoms with Crippen LogP contribution in [0.2, 0.25) is 0 Å². The van der Waals surface area contributed by atoms with Crippen LogP contribution >= 0.6 is 0 Å². The van der Waals surface area contributed by atoms with E-state index in [1.807, 2.05) is 24.3 Å². The van der Waals surface area contributed by atoms with Crippen LogP contribution in [0.15, 0.2) is 53.3 Å². The molecule has 1 saturated heterocycles. The maximum atomic E-state index is 13.0. The van der Waals surface area contributed by atoms with Gasteiger partial charge in [0.05, 0.1) is 30.7 Å². The highest BCUT2D eigenvalue weighted by Gasteiger charge is 2.29. The average Bonchev–Trinajstić information content (AvgIpc) is 3.05. The predicted molar refractivity (Wildman–Crippen MR) is 109 cm³/mol. The fourth-order valence-corrected chi connectivity index (χ4v) is 4.25. The number of halogens is 1. The van der Waals surface area contributed by atoms with E-state index >= 15 is 0 Å². The summed E-state index contributed by atoms with van der Waals surface area (Å²) in [5.41, 5.74) is 2.02. The van der Waals surface area contributed by atoms with E-state index in [0.29, 0.717) is 44.5 Å². The first-order valence-electron chi connectivity index (χ1n) is 10.0. The van der Waals surface area contributed by atoms with E-state index in [1.165, 1.54) is 24.3 Å². The first-order chi connectivity index (χ1) is 14.0. The van der Waals surface area contributed by atoms with Crippen LogP contribution in [0.1, 0.15) is 42.1 Å². The molecule has 1 aromatic heterocycles. The van der Waals surface area contributed by atoms with Crippen LogP contribution in [-0.4, -0.2) is 39.6 Å². The number of imidazole rings is 1. The number of hydrogen-bond donors (Lipinski definition) is 1. The zero-order valence-corrected chi connectivity index (χ0v) is 16.1. The average molecular weight is 397 g/mol. The Labute approximate surface area is 167 Å². The minimum absolute atomic E-state index is 0.0136. The summed E-state index contributed by atoms with van der Waals surface area (Å²) in [7, 11) is 0. The molecule has 7 heteroatoms. The number of ketones is 1. The number of carbonyl (C=O) groups excluding carboxylic acids is 1. The first kappa shape index (κ1) is 19.5. The molecule has 1 aliphatic heterocycles. The van der Waals surface area contributed by atoms with E-state index in [4.69, 9.17) is 0 Å². The van der Waals surface area contributed by atoms with Gasteiger partial charge in [0.15, 0.2) is 5.78 Å². The molecule has 0 saturated carbocycles. The number of hydrogen-bond acceptors (Lipinski definition) is 3. The molecule has 0 bridgehead atoms. The van der Waals surface area contributed by atoms with Crippen molar-refractivity contribution < 1.29 is 13.8 Å². The molecule has 0 atom stereocenters. The van der Waals surface area contributed by atoms with Gasteiger partial charge in [0.25, 0.3) is 0 Å². The van der Waals surface area contributed by atoms with Crippen molar-refractivity contribution in [3.8, 4) is 0 Å². The Morgan fingerprint density at radius 1 is 1.14 bits per heavy atom. The fourth-order valence-electron chi connectivity index (χ4n) is 4.25. The van der Waals surface area contributed by atoms with Crippen molar-refractivity contribution in [2.75, 3.05) is 19.6 Å². The van der Waals surface area contributed by atoms with Crippen LogP contribution in [0.4, 0.5) is 4.39 Å². The summed E-state index contributed by atoms with van der Waals surface area (Å²) in [5.74, 6) is -0.445. The molecule has 1 N–H and O–H groups in total. The van der Waals surface area contributed by atoms with Crippen LogP contribution in [0.5, 0.6) is 0 Å². The third-order valence-electron chi connectivity index (χ3n) is 5.86. The number of carbonyl (C=O) groups is 1. The predicted octanol–water partition coefficient (Wildman–Crippen LogP) is 3.78. The lowest BCUT2D eigenvalue weighted by molar-refractivity contribution is -0.886. The number of nitrogens with zero attached hydrogens (tertiary/aromatic N) is 2. The molecule has 1 fully saturated rings. The molecule has 0 spiro atoms. The highest BCUT2D eigenvalue weighted by atomic mass is 19.1. The lowest BCUT2D eigenvalue weighted by Crippen LogP contribution is -2.49. The lowest BCUT2D eigenvalue weighted by atomic mass is 10.0. The van der Waals surface area contributed by atoms with Crippen molar-refractivity contribution in [3.63, 3.8) is 0 Å². The van der Waals surface area contributed by atoms with Gasteiger partial charge >= 0.3 is 5.69 Å². The van der Waals surface area contributed by atoms with E-state index in [0.717, 1.165) is 11.0 Å². The molecule has 1 aliphatic rings. The number of fused-ring (bicyclic) bond motifs is 1. The number of Topliss-reactive ketones (excluding diaryl/α,β-unsaturated/α-hetero) is 1. The molecular weight excluding hydrogens is 373 g/mol. The topological polar surface area (TPSA) is 77.9 Å². The third-order valence-corrected chi connectivity index (χ3v) is 5.86. The maximum Gasteiger partial charge on any atom is 0.326 e. The zero-order chi connectivity index (χ0) is 20.4. The van der Waals surface area contributed by atoms with Gasteiger partial charge < -0.3 is 14.8 Å². The molecule has 0 amide bonds. The monoisotopic (exact) mass is 397 g/mol. The van der Waals surface area contributed by atoms with Gasteiger partial charge in [-0.1, -0.05) is 12.1 Å². The summed E-state index contributed by atoms with van der Waals surface area (Å²) < 4.78 is 14.4. The Hall–Kier alpha value is -2.77. The van der Waals surface area contributed by atoms with Gasteiger partial charge in [0.2, 0.25) is 0 Å². The number of aromatic amines is 1. The number of H-pyrrole nitrogens is 1. The van der Waals surface area contributed by atoms with Gasteiger partial charge in [-0.2, -0.15) is 0 Å². The van der Waals surface area contributed by atoms with E-state index < -0.39 is 0 Å². The molecule has 0 unspecified atom stereocenters. The van der Waals surface area contributed by atoms with Gasteiger partial charge in [0.1, 0.15) is 5.82 Å². The number of hydroxylamine groups is 3. The molecule has 152 valence electrons. The van der Waals surface area contributed by atoms with Crippen molar-refractivity contribution >= 4 is 16.8 Å². The molecule has 0 radical (unpaired) electrons. The van der Waals surface area contributed by atoms with Crippen molar-refractivity contribution in [1.82, 2.24) is 9.55 Å². The van der Waals surface area contributed by atoms with Crippen molar-refractivity contribution in [3.05, 3.63) is 75.6 Å². The van der Waals surface area contributed by atoms with Crippen molar-refractivity contribution in [2.45, 2.75) is 31.7 Å². The summed E-state index contributed by atoms with van der Waals surface area (Å²) in [5, 5.41) is 13.0. The van der Waals surface area contributed by atoms with Crippen molar-refractivity contribution in [2.24, 2.45) is 0 Å². The van der Waals surface area contributed by atoms with Gasteiger partial charge in [-0.3, -0.25) is 9.36 Å². The largest absolute Gasteiger partial charge is 0.633 e. The molecule has 2 aromatic carbocycles. The molecular formula is C22H24FN3O3. The van der Waals surface area contributed by atoms with E-state index in [9.17, 15) is 19.2 Å². The quantitative estimate of drug-likeness (QED) is 0.391. The normalized spacial score (nSPS) is 22.1. The SMILES string of the molecule is O=C(CCC[N+]1([O-])CCC(n2c(=O)[nH]c3ccccc32)CC1)c1ccc(F)cc1. The highest BCUT2D eigenvalue weighted by Crippen LogP contribution is 2.28. The first-order valence-corrected chi connectivity index (χ1v) is 10.0. The van der Waals surface area contributed by atoms with Crippen LogP contribution in [0, 0.1) is 11.0 Å². The Bertz CT molecular complexity index is 1060. The zero-order valence-electron chi connectivity index (χ0n) is 16.1. The van der Waals surface area contributed by atoms with Gasteiger partial charge in [-0.15, -0.1) is 0 Å². The summed E-state index contributed by atoms with van der Waals surface area (Å²) in [4.78, 5) is 27.4. The highest BCUT2D eigenvalue weighted by molar-refractivity contribution is 5.95.